The van der Waals surface area contributed by atoms with E-state index in [2.05, 4.69) is 5.32 Å². The van der Waals surface area contributed by atoms with Gasteiger partial charge in [0.25, 0.3) is 5.91 Å². The lowest BCUT2D eigenvalue weighted by Gasteiger charge is -2.17. The number of rotatable bonds is 5. The van der Waals surface area contributed by atoms with E-state index in [1.54, 1.807) is 6.07 Å². The Labute approximate surface area is 168 Å². The lowest BCUT2D eigenvalue weighted by molar-refractivity contribution is -0.151. The fraction of sp³-hybridized carbons (Fsp3) is 0.250. The number of hydrogen-bond acceptors (Lipinski definition) is 4. The van der Waals surface area contributed by atoms with Crippen molar-refractivity contribution in [2.45, 2.75) is 12.6 Å². The number of ether oxygens (including phenoxy) is 1. The summed E-state index contributed by atoms with van der Waals surface area (Å²) in [5.74, 6) is -3.63. The van der Waals surface area contributed by atoms with Crippen LogP contribution in [0.5, 0.6) is 0 Å². The highest BCUT2D eigenvalue weighted by Gasteiger charge is 2.37. The number of benzene rings is 2. The van der Waals surface area contributed by atoms with Crippen LogP contribution in [0.1, 0.15) is 12.0 Å². The van der Waals surface area contributed by atoms with Crippen molar-refractivity contribution in [2.24, 2.45) is 5.92 Å². The van der Waals surface area contributed by atoms with Crippen molar-refractivity contribution >= 4 is 29.2 Å². The predicted octanol–water partition coefficient (Wildman–Crippen LogP) is 3.38. The number of carbonyl (C=O) groups is 3. The van der Waals surface area contributed by atoms with Gasteiger partial charge in [0.1, 0.15) is 5.82 Å². The molecule has 1 aliphatic rings. The van der Waals surface area contributed by atoms with Crippen LogP contribution in [0.4, 0.5) is 28.9 Å². The molecule has 0 unspecified atom stereocenters. The van der Waals surface area contributed by atoms with Gasteiger partial charge in [0.05, 0.1) is 17.2 Å². The fourth-order valence-corrected chi connectivity index (χ4v) is 2.99. The molecular formula is C20H16F4N2O4. The predicted molar refractivity (Wildman–Crippen MR) is 97.9 cm³/mol. The van der Waals surface area contributed by atoms with Crippen LogP contribution < -0.4 is 10.2 Å². The van der Waals surface area contributed by atoms with Crippen LogP contribution in [0.25, 0.3) is 0 Å². The van der Waals surface area contributed by atoms with Gasteiger partial charge in [-0.25, -0.2) is 4.39 Å². The Morgan fingerprint density at radius 3 is 2.57 bits per heavy atom. The summed E-state index contributed by atoms with van der Waals surface area (Å²) in [6.45, 7) is -0.840. The van der Waals surface area contributed by atoms with E-state index in [0.29, 0.717) is 0 Å². The van der Waals surface area contributed by atoms with Gasteiger partial charge in [-0.1, -0.05) is 18.2 Å². The molecule has 3 rings (SSSR count). The Morgan fingerprint density at radius 2 is 1.87 bits per heavy atom. The molecular weight excluding hydrogens is 408 g/mol. The molecule has 0 radical (unpaired) electrons. The third-order valence-electron chi connectivity index (χ3n) is 4.42. The summed E-state index contributed by atoms with van der Waals surface area (Å²) in [5.41, 5.74) is -0.997. The molecule has 6 nitrogen and oxygen atoms in total. The molecule has 1 fully saturated rings. The Hall–Kier alpha value is -3.43. The molecule has 0 bridgehead atoms. The van der Waals surface area contributed by atoms with Gasteiger partial charge in [-0.3, -0.25) is 14.4 Å². The van der Waals surface area contributed by atoms with E-state index in [0.717, 1.165) is 23.1 Å². The molecule has 1 aliphatic heterocycles. The van der Waals surface area contributed by atoms with E-state index in [9.17, 15) is 31.9 Å². The average molecular weight is 424 g/mol. The summed E-state index contributed by atoms with van der Waals surface area (Å²) >= 11 is 0. The van der Waals surface area contributed by atoms with Crippen molar-refractivity contribution < 1.29 is 36.7 Å². The van der Waals surface area contributed by atoms with E-state index >= 15 is 0 Å². The second-order valence-corrected chi connectivity index (χ2v) is 6.59. The minimum atomic E-state index is -4.56. The van der Waals surface area contributed by atoms with Crippen LogP contribution in [0.15, 0.2) is 48.5 Å². The number of amides is 2. The zero-order valence-corrected chi connectivity index (χ0v) is 15.4. The molecule has 0 saturated carbocycles. The number of esters is 1. The van der Waals surface area contributed by atoms with Gasteiger partial charge in [-0.15, -0.1) is 0 Å². The number of halogens is 4. The van der Waals surface area contributed by atoms with E-state index in [1.165, 1.54) is 24.3 Å². The van der Waals surface area contributed by atoms with Crippen LogP contribution in [0, 0.1) is 11.7 Å². The largest absolute Gasteiger partial charge is 0.455 e. The molecule has 2 aromatic rings. The zero-order chi connectivity index (χ0) is 21.9. The highest BCUT2D eigenvalue weighted by Crippen LogP contribution is 2.31. The highest BCUT2D eigenvalue weighted by atomic mass is 19.4. The van der Waals surface area contributed by atoms with Crippen molar-refractivity contribution in [1.82, 2.24) is 0 Å². The third kappa shape index (κ3) is 4.94. The molecule has 2 aromatic carbocycles. The second kappa shape index (κ2) is 8.52. The van der Waals surface area contributed by atoms with Crippen LogP contribution >= 0.6 is 0 Å². The number of hydrogen-bond donors (Lipinski definition) is 1. The van der Waals surface area contributed by atoms with Crippen molar-refractivity contribution in [3.8, 4) is 0 Å². The molecule has 1 N–H and O–H groups in total. The highest BCUT2D eigenvalue weighted by molar-refractivity contribution is 6.00. The van der Waals surface area contributed by atoms with E-state index in [1.807, 2.05) is 0 Å². The summed E-state index contributed by atoms with van der Waals surface area (Å²) in [4.78, 5) is 37.3. The molecule has 158 valence electrons. The van der Waals surface area contributed by atoms with Gasteiger partial charge < -0.3 is 15.0 Å². The first-order valence-electron chi connectivity index (χ1n) is 8.84. The van der Waals surface area contributed by atoms with Crippen LogP contribution in [-0.2, 0) is 25.3 Å². The van der Waals surface area contributed by atoms with Gasteiger partial charge >= 0.3 is 12.1 Å². The van der Waals surface area contributed by atoms with Gasteiger partial charge in [-0.05, 0) is 30.3 Å². The number of anilines is 2. The van der Waals surface area contributed by atoms with E-state index in [4.69, 9.17) is 4.74 Å². The summed E-state index contributed by atoms with van der Waals surface area (Å²) < 4.78 is 56.9. The maximum Gasteiger partial charge on any atom is 0.416 e. The van der Waals surface area contributed by atoms with Crippen molar-refractivity contribution in [3.05, 3.63) is 59.9 Å². The smallest absolute Gasteiger partial charge is 0.416 e. The topological polar surface area (TPSA) is 75.7 Å². The van der Waals surface area contributed by atoms with E-state index < -0.39 is 47.9 Å². The SMILES string of the molecule is O=C(COC(=O)[C@H]1CC(=O)N(c2ccccc2F)C1)Nc1cccc(C(F)(F)F)c1. The van der Waals surface area contributed by atoms with E-state index in [-0.39, 0.29) is 24.3 Å². The van der Waals surface area contributed by atoms with Gasteiger partial charge in [-0.2, -0.15) is 13.2 Å². The number of nitrogens with zero attached hydrogens (tertiary/aromatic N) is 1. The average Bonchev–Trinajstić information content (AvgIpc) is 3.07. The summed E-state index contributed by atoms with van der Waals surface area (Å²) in [5, 5.41) is 2.21. The molecule has 0 aliphatic carbocycles. The second-order valence-electron chi connectivity index (χ2n) is 6.59. The quantitative estimate of drug-likeness (QED) is 0.590. The Balaban J connectivity index is 1.54. The molecule has 0 spiro atoms. The first-order chi connectivity index (χ1) is 14.1. The normalized spacial score (nSPS) is 16.5. The van der Waals surface area contributed by atoms with Gasteiger partial charge in [0, 0.05) is 18.7 Å². The first-order valence-corrected chi connectivity index (χ1v) is 8.84. The standard InChI is InChI=1S/C20H16F4N2O4/c21-15-6-1-2-7-16(15)26-10-12(8-18(26)28)19(29)30-11-17(27)25-14-5-3-4-13(9-14)20(22,23)24/h1-7,9,12H,8,10-11H2,(H,25,27)/t12-/m0/s1. The lowest BCUT2D eigenvalue weighted by atomic mass is 10.1. The minimum absolute atomic E-state index is 0.0417. The van der Waals surface area contributed by atoms with Crippen molar-refractivity contribution in [1.29, 1.82) is 0 Å². The zero-order valence-electron chi connectivity index (χ0n) is 15.4. The van der Waals surface area contributed by atoms with Gasteiger partial charge in [0.15, 0.2) is 6.61 Å². The summed E-state index contributed by atoms with van der Waals surface area (Å²) in [6.07, 6.45) is -4.77. The van der Waals surface area contributed by atoms with Crippen molar-refractivity contribution in [2.75, 3.05) is 23.4 Å². The first kappa shape index (κ1) is 21.3. The van der Waals surface area contributed by atoms with Gasteiger partial charge in [0.2, 0.25) is 5.91 Å². The molecule has 30 heavy (non-hydrogen) atoms. The molecule has 0 aromatic heterocycles. The number of carbonyl (C=O) groups excluding carboxylic acids is 3. The van der Waals surface area contributed by atoms with Crippen LogP contribution in [-0.4, -0.2) is 30.9 Å². The molecule has 1 atom stereocenters. The fourth-order valence-electron chi connectivity index (χ4n) is 2.99. The number of alkyl halides is 3. The maximum absolute atomic E-state index is 13.9. The molecule has 10 heteroatoms. The molecule has 1 heterocycles. The lowest BCUT2D eigenvalue weighted by Crippen LogP contribution is -2.28. The van der Waals surface area contributed by atoms with Crippen LogP contribution in [0.2, 0.25) is 0 Å². The summed E-state index contributed by atoms with van der Waals surface area (Å²) in [6, 6.07) is 9.61. The van der Waals surface area contributed by atoms with Crippen LogP contribution in [0.3, 0.4) is 0 Å². The number of nitrogens with one attached hydrogen (secondary N) is 1. The monoisotopic (exact) mass is 424 g/mol. The Morgan fingerprint density at radius 1 is 1.13 bits per heavy atom. The maximum atomic E-state index is 13.9. The molecule has 1 saturated heterocycles. The Kier molecular flexibility index (Phi) is 6.04. The minimum Gasteiger partial charge on any atom is -0.455 e. The number of para-hydroxylation sites is 1. The third-order valence-corrected chi connectivity index (χ3v) is 4.42. The summed E-state index contributed by atoms with van der Waals surface area (Å²) in [7, 11) is 0. The molecule has 2 amide bonds. The Bertz CT molecular complexity index is 977. The van der Waals surface area contributed by atoms with Crippen molar-refractivity contribution in [3.63, 3.8) is 0 Å².